The summed E-state index contributed by atoms with van der Waals surface area (Å²) in [7, 11) is 0. The Balaban J connectivity index is 1.99. The highest BCUT2D eigenvalue weighted by molar-refractivity contribution is 5.43. The second-order valence-electron chi connectivity index (χ2n) is 4.75. The Morgan fingerprint density at radius 1 is 1.28 bits per heavy atom. The van der Waals surface area contributed by atoms with Gasteiger partial charge in [0.1, 0.15) is 12.0 Å². The van der Waals surface area contributed by atoms with Crippen LogP contribution in [0.4, 0.5) is 11.5 Å². The van der Waals surface area contributed by atoms with E-state index in [1.807, 2.05) is 0 Å². The van der Waals surface area contributed by atoms with Crippen molar-refractivity contribution in [1.82, 2.24) is 9.88 Å². The largest absolute Gasteiger partial charge is 0.354 e. The van der Waals surface area contributed by atoms with Crippen LogP contribution in [0.3, 0.4) is 0 Å². The maximum Gasteiger partial charge on any atom is 0.287 e. The molecule has 1 saturated heterocycles. The van der Waals surface area contributed by atoms with Crippen LogP contribution in [0, 0.1) is 10.1 Å². The van der Waals surface area contributed by atoms with E-state index in [0.29, 0.717) is 6.04 Å². The summed E-state index contributed by atoms with van der Waals surface area (Å²) in [5.74, 6) is 0.823. The Kier molecular flexibility index (Phi) is 3.76. The first-order valence-corrected chi connectivity index (χ1v) is 6.17. The number of hydrogen-bond donors (Lipinski definition) is 0. The first-order valence-electron chi connectivity index (χ1n) is 6.17. The maximum atomic E-state index is 10.6. The average molecular weight is 250 g/mol. The normalized spacial score (nSPS) is 17.2. The van der Waals surface area contributed by atoms with Crippen molar-refractivity contribution < 1.29 is 4.92 Å². The molecule has 0 aliphatic carbocycles. The minimum atomic E-state index is -0.423. The Morgan fingerprint density at radius 3 is 2.39 bits per heavy atom. The molecule has 0 saturated carbocycles. The molecular formula is C12H18N4O2. The summed E-state index contributed by atoms with van der Waals surface area (Å²) in [6, 6.07) is 3.80. The number of nitro groups is 1. The fraction of sp³-hybridized carbons (Fsp3) is 0.583. The summed E-state index contributed by atoms with van der Waals surface area (Å²) in [6.07, 6.45) is 1.32. The number of aromatic nitrogens is 1. The van der Waals surface area contributed by atoms with E-state index in [0.717, 1.165) is 32.0 Å². The predicted octanol–water partition coefficient (Wildman–Crippen LogP) is 1.52. The molecule has 1 aliphatic rings. The number of pyridine rings is 1. The van der Waals surface area contributed by atoms with E-state index in [1.165, 1.54) is 12.3 Å². The molecule has 6 nitrogen and oxygen atoms in total. The van der Waals surface area contributed by atoms with Gasteiger partial charge in [0.15, 0.2) is 0 Å². The van der Waals surface area contributed by atoms with Crippen molar-refractivity contribution in [2.45, 2.75) is 19.9 Å². The average Bonchev–Trinajstić information content (AvgIpc) is 2.39. The number of anilines is 1. The van der Waals surface area contributed by atoms with Crippen LogP contribution in [0.25, 0.3) is 0 Å². The molecule has 18 heavy (non-hydrogen) atoms. The van der Waals surface area contributed by atoms with Gasteiger partial charge in [-0.05, 0) is 19.9 Å². The van der Waals surface area contributed by atoms with Gasteiger partial charge in [-0.1, -0.05) is 0 Å². The van der Waals surface area contributed by atoms with Crippen LogP contribution in [-0.2, 0) is 0 Å². The highest BCUT2D eigenvalue weighted by Gasteiger charge is 2.20. The first kappa shape index (κ1) is 12.8. The highest BCUT2D eigenvalue weighted by Crippen LogP contribution is 2.17. The molecule has 1 aliphatic heterocycles. The van der Waals surface area contributed by atoms with Crippen molar-refractivity contribution in [2.24, 2.45) is 0 Å². The van der Waals surface area contributed by atoms with Crippen LogP contribution in [0.2, 0.25) is 0 Å². The van der Waals surface area contributed by atoms with Crippen molar-refractivity contribution >= 4 is 11.5 Å². The van der Waals surface area contributed by atoms with E-state index in [9.17, 15) is 10.1 Å². The molecular weight excluding hydrogens is 232 g/mol. The Bertz CT molecular complexity index is 411. The summed E-state index contributed by atoms with van der Waals surface area (Å²) in [5, 5.41) is 10.6. The van der Waals surface area contributed by atoms with Gasteiger partial charge < -0.3 is 4.90 Å². The molecule has 6 heteroatoms. The predicted molar refractivity (Wildman–Crippen MR) is 69.8 cm³/mol. The van der Waals surface area contributed by atoms with E-state index in [-0.39, 0.29) is 5.69 Å². The number of piperazine rings is 1. The molecule has 0 bridgehead atoms. The van der Waals surface area contributed by atoms with E-state index >= 15 is 0 Å². The highest BCUT2D eigenvalue weighted by atomic mass is 16.6. The number of rotatable bonds is 3. The Labute approximate surface area is 106 Å². The molecule has 0 radical (unpaired) electrons. The minimum absolute atomic E-state index is 0.0413. The molecule has 98 valence electrons. The van der Waals surface area contributed by atoms with E-state index in [2.05, 4.69) is 28.6 Å². The van der Waals surface area contributed by atoms with Crippen LogP contribution < -0.4 is 4.90 Å². The van der Waals surface area contributed by atoms with Crippen molar-refractivity contribution in [3.05, 3.63) is 28.4 Å². The van der Waals surface area contributed by atoms with Crippen LogP contribution in [0.15, 0.2) is 18.3 Å². The topological polar surface area (TPSA) is 62.5 Å². The second kappa shape index (κ2) is 5.30. The van der Waals surface area contributed by atoms with Gasteiger partial charge in [0, 0.05) is 38.3 Å². The van der Waals surface area contributed by atoms with Gasteiger partial charge in [-0.25, -0.2) is 4.98 Å². The van der Waals surface area contributed by atoms with Crippen molar-refractivity contribution in [2.75, 3.05) is 31.1 Å². The molecule has 0 N–H and O–H groups in total. The third kappa shape index (κ3) is 2.76. The zero-order valence-corrected chi connectivity index (χ0v) is 10.7. The standard InChI is InChI=1S/C12H18N4O2/c1-10(2)14-5-7-15(8-6-14)12-4-3-11(9-13-12)16(17)18/h3-4,9-10H,5-8H2,1-2H3. The molecule has 1 aromatic rings. The van der Waals surface area contributed by atoms with Gasteiger partial charge >= 0.3 is 0 Å². The van der Waals surface area contributed by atoms with Crippen molar-refractivity contribution in [1.29, 1.82) is 0 Å². The summed E-state index contributed by atoms with van der Waals surface area (Å²) < 4.78 is 0. The summed E-state index contributed by atoms with van der Waals surface area (Å²) in [6.45, 7) is 8.25. The molecule has 0 unspecified atom stereocenters. The second-order valence-corrected chi connectivity index (χ2v) is 4.75. The van der Waals surface area contributed by atoms with Gasteiger partial charge in [-0.15, -0.1) is 0 Å². The minimum Gasteiger partial charge on any atom is -0.354 e. The van der Waals surface area contributed by atoms with E-state index in [1.54, 1.807) is 6.07 Å². The third-order valence-electron chi connectivity index (χ3n) is 3.31. The van der Waals surface area contributed by atoms with Crippen LogP contribution in [0.1, 0.15) is 13.8 Å². The lowest BCUT2D eigenvalue weighted by molar-refractivity contribution is -0.385. The zero-order valence-electron chi connectivity index (χ0n) is 10.7. The fourth-order valence-electron chi connectivity index (χ4n) is 2.14. The zero-order chi connectivity index (χ0) is 13.1. The lowest BCUT2D eigenvalue weighted by Gasteiger charge is -2.37. The lowest BCUT2D eigenvalue weighted by atomic mass is 10.2. The molecule has 0 atom stereocenters. The van der Waals surface area contributed by atoms with Crippen LogP contribution in [-0.4, -0.2) is 47.0 Å². The molecule has 0 amide bonds. The van der Waals surface area contributed by atoms with Gasteiger partial charge in [-0.3, -0.25) is 15.0 Å². The smallest absolute Gasteiger partial charge is 0.287 e. The summed E-state index contributed by atoms with van der Waals surface area (Å²) >= 11 is 0. The van der Waals surface area contributed by atoms with Gasteiger partial charge in [0.25, 0.3) is 5.69 Å². The summed E-state index contributed by atoms with van der Waals surface area (Å²) in [5.41, 5.74) is 0.0413. The molecule has 2 rings (SSSR count). The van der Waals surface area contributed by atoms with Crippen LogP contribution >= 0.6 is 0 Å². The maximum absolute atomic E-state index is 10.6. The van der Waals surface area contributed by atoms with E-state index in [4.69, 9.17) is 0 Å². The number of hydrogen-bond acceptors (Lipinski definition) is 5. The SMILES string of the molecule is CC(C)N1CCN(c2ccc([N+](=O)[O-])cn2)CC1. The van der Waals surface area contributed by atoms with Gasteiger partial charge in [0.2, 0.25) is 0 Å². The van der Waals surface area contributed by atoms with E-state index < -0.39 is 4.92 Å². The fourth-order valence-corrected chi connectivity index (χ4v) is 2.14. The lowest BCUT2D eigenvalue weighted by Crippen LogP contribution is -2.49. The molecule has 2 heterocycles. The molecule has 0 aromatic carbocycles. The molecule has 1 aromatic heterocycles. The molecule has 0 spiro atoms. The Morgan fingerprint density at radius 2 is 1.94 bits per heavy atom. The summed E-state index contributed by atoms with van der Waals surface area (Å²) in [4.78, 5) is 18.9. The molecule has 1 fully saturated rings. The van der Waals surface area contributed by atoms with Gasteiger partial charge in [0.05, 0.1) is 4.92 Å². The van der Waals surface area contributed by atoms with Crippen molar-refractivity contribution in [3.63, 3.8) is 0 Å². The monoisotopic (exact) mass is 250 g/mol. The quantitative estimate of drug-likeness (QED) is 0.601. The first-order chi connectivity index (χ1) is 8.58. The third-order valence-corrected chi connectivity index (χ3v) is 3.31. The van der Waals surface area contributed by atoms with Gasteiger partial charge in [-0.2, -0.15) is 0 Å². The van der Waals surface area contributed by atoms with Crippen LogP contribution in [0.5, 0.6) is 0 Å². The number of nitrogens with zero attached hydrogens (tertiary/aromatic N) is 4. The van der Waals surface area contributed by atoms with Crippen molar-refractivity contribution in [3.8, 4) is 0 Å². The Hall–Kier alpha value is -1.69.